The minimum Gasteiger partial charge on any atom is -0.350 e. The van der Waals surface area contributed by atoms with Crippen LogP contribution >= 0.6 is 15.9 Å². The molecule has 1 N–H and O–H groups in total. The Balaban J connectivity index is 2.85. The van der Waals surface area contributed by atoms with Gasteiger partial charge in [-0.25, -0.2) is 0 Å². The minimum atomic E-state index is -0.527. The van der Waals surface area contributed by atoms with Crippen LogP contribution in [0.2, 0.25) is 0 Å². The van der Waals surface area contributed by atoms with Crippen molar-refractivity contribution < 1.29 is 9.72 Å². The van der Waals surface area contributed by atoms with E-state index in [-0.39, 0.29) is 17.3 Å². The van der Waals surface area contributed by atoms with Gasteiger partial charge >= 0.3 is 0 Å². The fourth-order valence-corrected chi connectivity index (χ4v) is 1.32. The number of aromatic nitrogens is 1. The number of nitrogens with zero attached hydrogens (tertiary/aromatic N) is 2. The minimum absolute atomic E-state index is 0.0820. The maximum atomic E-state index is 11.5. The number of alkyl halides is 1. The van der Waals surface area contributed by atoms with Crippen molar-refractivity contribution in [1.82, 2.24) is 9.88 Å². The Hall–Kier alpha value is -1.37. The van der Waals surface area contributed by atoms with Crippen LogP contribution in [-0.2, 0) is 7.05 Å². The van der Waals surface area contributed by atoms with Gasteiger partial charge in [0.1, 0.15) is 5.69 Å². The Kier molecular flexibility index (Phi) is 3.84. The molecule has 1 aromatic rings. The number of hydrogen-bond acceptors (Lipinski definition) is 3. The lowest BCUT2D eigenvalue weighted by atomic mass is 10.4. The third kappa shape index (κ3) is 2.79. The molecule has 0 unspecified atom stereocenters. The summed E-state index contributed by atoms with van der Waals surface area (Å²) in [4.78, 5) is 21.4. The fourth-order valence-electron chi connectivity index (χ4n) is 1.12. The van der Waals surface area contributed by atoms with Crippen LogP contribution in [0.3, 0.4) is 0 Å². The van der Waals surface area contributed by atoms with Gasteiger partial charge in [0.15, 0.2) is 0 Å². The second-order valence-corrected chi connectivity index (χ2v) is 3.69. The zero-order valence-corrected chi connectivity index (χ0v) is 9.65. The molecule has 0 saturated heterocycles. The normalized spacial score (nSPS) is 10.0. The van der Waals surface area contributed by atoms with Crippen molar-refractivity contribution >= 4 is 27.5 Å². The predicted molar refractivity (Wildman–Crippen MR) is 58.2 cm³/mol. The Bertz CT molecular complexity index is 388. The van der Waals surface area contributed by atoms with Gasteiger partial charge in [-0.2, -0.15) is 0 Å². The highest BCUT2D eigenvalue weighted by molar-refractivity contribution is 9.09. The van der Waals surface area contributed by atoms with E-state index in [1.165, 1.54) is 16.8 Å². The number of nitrogens with one attached hydrogen (secondary N) is 1. The van der Waals surface area contributed by atoms with Gasteiger partial charge in [0.25, 0.3) is 11.6 Å². The predicted octanol–water partition coefficient (Wildman–Crippen LogP) is 1.06. The number of aryl methyl sites for hydroxylation is 1. The van der Waals surface area contributed by atoms with Gasteiger partial charge in [-0.15, -0.1) is 0 Å². The molecule has 0 aliphatic rings. The molecule has 0 saturated carbocycles. The van der Waals surface area contributed by atoms with Crippen molar-refractivity contribution in [2.24, 2.45) is 7.05 Å². The molecular formula is C8H10BrN3O3. The Morgan fingerprint density at radius 1 is 1.73 bits per heavy atom. The van der Waals surface area contributed by atoms with Gasteiger partial charge in [0.2, 0.25) is 0 Å². The topological polar surface area (TPSA) is 77.2 Å². The average molecular weight is 276 g/mol. The van der Waals surface area contributed by atoms with E-state index in [0.29, 0.717) is 11.9 Å². The first-order chi connectivity index (χ1) is 7.06. The van der Waals surface area contributed by atoms with Crippen LogP contribution in [0.1, 0.15) is 10.5 Å². The van der Waals surface area contributed by atoms with E-state index >= 15 is 0 Å². The zero-order valence-electron chi connectivity index (χ0n) is 8.07. The van der Waals surface area contributed by atoms with E-state index in [2.05, 4.69) is 21.2 Å². The highest BCUT2D eigenvalue weighted by Gasteiger charge is 2.16. The maximum absolute atomic E-state index is 11.5. The lowest BCUT2D eigenvalue weighted by Crippen LogP contribution is -2.26. The summed E-state index contributed by atoms with van der Waals surface area (Å²) in [6, 6.07) is 1.25. The Labute approximate surface area is 94.5 Å². The summed E-state index contributed by atoms with van der Waals surface area (Å²) < 4.78 is 1.43. The third-order valence-corrected chi connectivity index (χ3v) is 2.21. The molecule has 1 aromatic heterocycles. The number of carbonyl (C=O) groups is 1. The van der Waals surface area contributed by atoms with E-state index in [1.807, 2.05) is 0 Å². The van der Waals surface area contributed by atoms with Gasteiger partial charge in [0, 0.05) is 25.0 Å². The van der Waals surface area contributed by atoms with Gasteiger partial charge < -0.3 is 9.88 Å². The molecule has 0 radical (unpaired) electrons. The number of carbonyl (C=O) groups excluding carboxylic acids is 1. The molecule has 1 amide bonds. The quantitative estimate of drug-likeness (QED) is 0.507. The van der Waals surface area contributed by atoms with Crippen molar-refractivity contribution in [3.63, 3.8) is 0 Å². The second-order valence-electron chi connectivity index (χ2n) is 2.90. The molecule has 0 aliphatic carbocycles. The van der Waals surface area contributed by atoms with Crippen LogP contribution < -0.4 is 5.32 Å². The lowest BCUT2D eigenvalue weighted by molar-refractivity contribution is -0.384. The highest BCUT2D eigenvalue weighted by Crippen LogP contribution is 2.14. The average Bonchev–Trinajstić information content (AvgIpc) is 2.57. The molecular weight excluding hydrogens is 266 g/mol. The molecule has 7 heteroatoms. The van der Waals surface area contributed by atoms with Crippen molar-refractivity contribution in [2.75, 3.05) is 11.9 Å². The van der Waals surface area contributed by atoms with Crippen molar-refractivity contribution in [3.05, 3.63) is 28.1 Å². The van der Waals surface area contributed by atoms with Crippen LogP contribution in [0.15, 0.2) is 12.3 Å². The summed E-state index contributed by atoms with van der Waals surface area (Å²) in [7, 11) is 1.59. The number of amides is 1. The summed E-state index contributed by atoms with van der Waals surface area (Å²) in [5, 5.41) is 13.7. The number of halogens is 1. The van der Waals surface area contributed by atoms with E-state index in [4.69, 9.17) is 0 Å². The van der Waals surface area contributed by atoms with Crippen molar-refractivity contribution in [1.29, 1.82) is 0 Å². The Morgan fingerprint density at radius 3 is 2.87 bits per heavy atom. The van der Waals surface area contributed by atoms with Crippen LogP contribution in [-0.4, -0.2) is 27.3 Å². The molecule has 0 fully saturated rings. The van der Waals surface area contributed by atoms with Crippen molar-refractivity contribution in [3.8, 4) is 0 Å². The number of nitro groups is 1. The van der Waals surface area contributed by atoms with Crippen LogP contribution in [0.5, 0.6) is 0 Å². The largest absolute Gasteiger partial charge is 0.350 e. The van der Waals surface area contributed by atoms with Gasteiger partial charge in [-0.05, 0) is 0 Å². The van der Waals surface area contributed by atoms with E-state index < -0.39 is 4.92 Å². The summed E-state index contributed by atoms with van der Waals surface area (Å²) in [6.45, 7) is 0.484. The van der Waals surface area contributed by atoms with E-state index in [9.17, 15) is 14.9 Å². The third-order valence-electron chi connectivity index (χ3n) is 1.81. The van der Waals surface area contributed by atoms with Crippen LogP contribution in [0, 0.1) is 10.1 Å². The molecule has 0 atom stereocenters. The first kappa shape index (κ1) is 11.7. The maximum Gasteiger partial charge on any atom is 0.287 e. The molecule has 1 heterocycles. The molecule has 0 bridgehead atoms. The first-order valence-electron chi connectivity index (χ1n) is 4.21. The molecule has 6 nitrogen and oxygen atoms in total. The summed E-state index contributed by atoms with van der Waals surface area (Å²) >= 11 is 3.17. The smallest absolute Gasteiger partial charge is 0.287 e. The zero-order chi connectivity index (χ0) is 11.4. The van der Waals surface area contributed by atoms with Gasteiger partial charge in [-0.1, -0.05) is 15.9 Å². The summed E-state index contributed by atoms with van der Waals surface area (Å²) in [5.41, 5.74) is 0.198. The van der Waals surface area contributed by atoms with Crippen LogP contribution in [0.4, 0.5) is 5.69 Å². The number of rotatable bonds is 4. The molecule has 0 aromatic carbocycles. The fraction of sp³-hybridized carbons (Fsp3) is 0.375. The van der Waals surface area contributed by atoms with Crippen LogP contribution in [0.25, 0.3) is 0 Å². The van der Waals surface area contributed by atoms with E-state index in [1.54, 1.807) is 7.05 Å². The standard InChI is InChI=1S/C8H10BrN3O3/c1-11-5-6(12(14)15)4-7(11)8(13)10-3-2-9/h4-5H,2-3H2,1H3,(H,10,13). The molecule has 0 aliphatic heterocycles. The van der Waals surface area contributed by atoms with Crippen molar-refractivity contribution in [2.45, 2.75) is 0 Å². The lowest BCUT2D eigenvalue weighted by Gasteiger charge is -2.02. The second kappa shape index (κ2) is 4.92. The molecule has 82 valence electrons. The molecule has 1 rings (SSSR count). The summed E-state index contributed by atoms with van der Waals surface area (Å²) in [6.07, 6.45) is 1.31. The molecule has 15 heavy (non-hydrogen) atoms. The van der Waals surface area contributed by atoms with E-state index in [0.717, 1.165) is 0 Å². The SMILES string of the molecule is Cn1cc([N+](=O)[O-])cc1C(=O)NCCBr. The summed E-state index contributed by atoms with van der Waals surface area (Å²) in [5.74, 6) is -0.315. The number of hydrogen-bond donors (Lipinski definition) is 1. The van der Waals surface area contributed by atoms with Gasteiger partial charge in [-0.3, -0.25) is 14.9 Å². The first-order valence-corrected chi connectivity index (χ1v) is 5.33. The van der Waals surface area contributed by atoms with Gasteiger partial charge in [0.05, 0.1) is 11.1 Å². The Morgan fingerprint density at radius 2 is 2.40 bits per heavy atom. The monoisotopic (exact) mass is 275 g/mol. The molecule has 0 spiro atoms. The highest BCUT2D eigenvalue weighted by atomic mass is 79.9.